The number of carbonyl (C=O) groups is 1. The molecule has 2 aromatic rings. The molecular weight excluding hydrogens is 372 g/mol. The van der Waals surface area contributed by atoms with Gasteiger partial charge in [-0.1, -0.05) is 0 Å². The maximum Gasteiger partial charge on any atom is 0.341 e. The second kappa shape index (κ2) is 6.51. The summed E-state index contributed by atoms with van der Waals surface area (Å²) in [5.74, 6) is 0.297. The third-order valence-corrected chi connectivity index (χ3v) is 5.73. The topological polar surface area (TPSA) is 102 Å². The molecule has 148 valence electrons. The third-order valence-electron chi connectivity index (χ3n) is 5.73. The minimum absolute atomic E-state index is 0.0285. The molecule has 0 spiro atoms. The number of hydrogen-bond donors (Lipinski definition) is 2. The van der Waals surface area contributed by atoms with Crippen LogP contribution < -0.4 is 10.3 Å². The third kappa shape index (κ3) is 2.63. The van der Waals surface area contributed by atoms with E-state index in [1.807, 2.05) is 22.8 Å². The largest absolute Gasteiger partial charge is 0.497 e. The zero-order chi connectivity index (χ0) is 20.1. The van der Waals surface area contributed by atoms with Crippen molar-refractivity contribution in [1.29, 1.82) is 0 Å². The first-order chi connectivity index (χ1) is 14.1. The van der Waals surface area contributed by atoms with Gasteiger partial charge in [-0.3, -0.25) is 4.79 Å². The van der Waals surface area contributed by atoms with E-state index in [4.69, 9.17) is 9.47 Å². The predicted octanol–water partition coefficient (Wildman–Crippen LogP) is 2.88. The van der Waals surface area contributed by atoms with Gasteiger partial charge in [0.15, 0.2) is 0 Å². The summed E-state index contributed by atoms with van der Waals surface area (Å²) >= 11 is 0. The molecule has 1 unspecified atom stereocenters. The van der Waals surface area contributed by atoms with Crippen molar-refractivity contribution in [2.45, 2.75) is 25.3 Å². The summed E-state index contributed by atoms with van der Waals surface area (Å²) in [6.45, 7) is 0. The summed E-state index contributed by atoms with van der Waals surface area (Å²) < 4.78 is 12.2. The molecule has 5 rings (SSSR count). The fourth-order valence-corrected chi connectivity index (χ4v) is 4.34. The van der Waals surface area contributed by atoms with Crippen LogP contribution in [0.5, 0.6) is 5.75 Å². The zero-order valence-corrected chi connectivity index (χ0v) is 16.1. The average Bonchev–Trinajstić information content (AvgIpc) is 3.32. The van der Waals surface area contributed by atoms with Crippen LogP contribution >= 0.6 is 0 Å². The quantitative estimate of drug-likeness (QED) is 0.522. The minimum atomic E-state index is -0.520. The first-order valence-electron chi connectivity index (χ1n) is 9.47. The monoisotopic (exact) mass is 392 g/mol. The summed E-state index contributed by atoms with van der Waals surface area (Å²) in [6, 6.07) is 5.97. The number of aromatic amines is 2. The van der Waals surface area contributed by atoms with Crippen molar-refractivity contribution in [3.8, 4) is 17.0 Å². The Morgan fingerprint density at radius 2 is 2.14 bits per heavy atom. The number of fused-ring (bicyclic) bond motifs is 4. The number of nitrogens with zero attached hydrogens (tertiary/aromatic N) is 2. The number of esters is 1. The Morgan fingerprint density at radius 1 is 1.28 bits per heavy atom. The van der Waals surface area contributed by atoms with E-state index in [9.17, 15) is 9.59 Å². The molecule has 1 aromatic carbocycles. The van der Waals surface area contributed by atoms with E-state index in [-0.39, 0.29) is 17.2 Å². The summed E-state index contributed by atoms with van der Waals surface area (Å²) in [6.07, 6.45) is 6.33. The van der Waals surface area contributed by atoms with Gasteiger partial charge in [0.05, 0.1) is 25.8 Å². The van der Waals surface area contributed by atoms with E-state index >= 15 is 0 Å². The van der Waals surface area contributed by atoms with Gasteiger partial charge in [0, 0.05) is 29.0 Å². The number of methoxy groups -OCH3 is 2. The highest BCUT2D eigenvalue weighted by Gasteiger charge is 2.29. The Hall–Kier alpha value is -3.55. The summed E-state index contributed by atoms with van der Waals surface area (Å²) in [7, 11) is 2.98. The van der Waals surface area contributed by atoms with E-state index < -0.39 is 5.97 Å². The van der Waals surface area contributed by atoms with Gasteiger partial charge in [0.25, 0.3) is 5.56 Å². The van der Waals surface area contributed by atoms with Gasteiger partial charge in [0.1, 0.15) is 17.0 Å². The first kappa shape index (κ1) is 17.5. The number of ether oxygens (including phenoxy) is 2. The molecule has 0 amide bonds. The molecule has 0 saturated heterocycles. The maximum absolute atomic E-state index is 12.3. The van der Waals surface area contributed by atoms with Crippen molar-refractivity contribution < 1.29 is 14.3 Å². The number of aryl methyl sites for hydroxylation is 1. The number of carbonyl (C=O) groups excluding carboxylic acids is 1. The Balaban J connectivity index is 1.71. The van der Waals surface area contributed by atoms with Gasteiger partial charge >= 0.3 is 5.97 Å². The molecule has 8 nitrogen and oxygen atoms in total. The number of pyridine rings is 1. The number of aromatic nitrogens is 4. The molecule has 3 aliphatic rings. The average molecular weight is 392 g/mol. The molecule has 0 bridgehead atoms. The molecule has 1 aromatic heterocycles. The Morgan fingerprint density at radius 3 is 2.93 bits per heavy atom. The van der Waals surface area contributed by atoms with Gasteiger partial charge < -0.3 is 19.0 Å². The first-order valence-corrected chi connectivity index (χ1v) is 9.47. The fraction of sp³-hybridized carbons (Fsp3) is 0.286. The van der Waals surface area contributed by atoms with Crippen molar-refractivity contribution in [1.82, 2.24) is 19.7 Å². The summed E-state index contributed by atoms with van der Waals surface area (Å²) in [4.78, 5) is 28.1. The summed E-state index contributed by atoms with van der Waals surface area (Å²) in [5, 5.41) is 7.57. The van der Waals surface area contributed by atoms with Crippen LogP contribution in [0.4, 0.5) is 0 Å². The van der Waals surface area contributed by atoms with Crippen molar-refractivity contribution in [3.63, 3.8) is 0 Å². The van der Waals surface area contributed by atoms with Crippen LogP contribution in [0.2, 0.25) is 0 Å². The highest BCUT2D eigenvalue weighted by atomic mass is 16.5. The molecule has 0 fully saturated rings. The van der Waals surface area contributed by atoms with Gasteiger partial charge in [0.2, 0.25) is 0 Å². The van der Waals surface area contributed by atoms with Gasteiger partial charge in [-0.15, -0.1) is 0 Å². The van der Waals surface area contributed by atoms with Crippen LogP contribution in [0.25, 0.3) is 22.2 Å². The van der Waals surface area contributed by atoms with Crippen LogP contribution in [0.3, 0.4) is 0 Å². The molecule has 2 N–H and O–H groups in total. The molecule has 0 saturated carbocycles. The molecule has 2 aliphatic heterocycles. The lowest BCUT2D eigenvalue weighted by Crippen LogP contribution is -2.20. The highest BCUT2D eigenvalue weighted by Crippen LogP contribution is 2.39. The highest BCUT2D eigenvalue weighted by molar-refractivity contribution is 5.96. The standard InChI is InChI=1S/C21H20N4O4/c1-28-11-6-7-16-13(8-11)12-4-3-5-17(19(12)22-16)25-9-14-18(23-24-20(14)26)15(10-25)21(27)29-2/h6-10,17,22H,3-5H2,1-2H3,(H,24,26). The van der Waals surface area contributed by atoms with E-state index in [1.54, 1.807) is 19.5 Å². The number of rotatable bonds is 3. The van der Waals surface area contributed by atoms with Crippen molar-refractivity contribution >= 4 is 16.9 Å². The normalized spacial score (nSPS) is 16.1. The van der Waals surface area contributed by atoms with Gasteiger partial charge in [-0.2, -0.15) is 5.10 Å². The van der Waals surface area contributed by atoms with E-state index in [0.717, 1.165) is 41.6 Å². The predicted molar refractivity (Wildman–Crippen MR) is 107 cm³/mol. The molecule has 1 aliphatic carbocycles. The smallest absolute Gasteiger partial charge is 0.341 e. The van der Waals surface area contributed by atoms with Crippen molar-refractivity contribution in [2.75, 3.05) is 14.2 Å². The van der Waals surface area contributed by atoms with Crippen LogP contribution in [0.1, 0.15) is 40.5 Å². The Kier molecular flexibility index (Phi) is 3.94. The number of hydrogen-bond acceptors (Lipinski definition) is 5. The van der Waals surface area contributed by atoms with Gasteiger partial charge in [-0.25, -0.2) is 9.89 Å². The minimum Gasteiger partial charge on any atom is -0.497 e. The van der Waals surface area contributed by atoms with Crippen molar-refractivity contribution in [2.24, 2.45) is 0 Å². The number of benzene rings is 1. The molecule has 3 heterocycles. The lowest BCUT2D eigenvalue weighted by molar-refractivity contribution is 0.0600. The molecule has 0 radical (unpaired) electrons. The molecule has 8 heteroatoms. The van der Waals surface area contributed by atoms with Crippen LogP contribution in [0, 0.1) is 0 Å². The Labute approximate surface area is 165 Å². The lowest BCUT2D eigenvalue weighted by atomic mass is 9.91. The van der Waals surface area contributed by atoms with Crippen LogP contribution in [-0.4, -0.2) is 39.9 Å². The molecule has 1 atom stereocenters. The van der Waals surface area contributed by atoms with Crippen LogP contribution in [0.15, 0.2) is 35.4 Å². The Bertz CT molecular complexity index is 1270. The van der Waals surface area contributed by atoms with E-state index in [2.05, 4.69) is 15.2 Å². The fourth-order valence-electron chi connectivity index (χ4n) is 4.34. The lowest BCUT2D eigenvalue weighted by Gasteiger charge is -2.26. The second-order valence-corrected chi connectivity index (χ2v) is 7.26. The molecular formula is C21H20N4O4. The number of nitrogens with one attached hydrogen (secondary N) is 2. The van der Waals surface area contributed by atoms with E-state index in [1.165, 1.54) is 12.7 Å². The number of H-pyrrole nitrogens is 2. The van der Waals surface area contributed by atoms with Crippen molar-refractivity contribution in [3.05, 3.63) is 57.8 Å². The molecule has 29 heavy (non-hydrogen) atoms. The summed E-state index contributed by atoms with van der Waals surface area (Å²) in [5.41, 5.74) is 4.04. The van der Waals surface area contributed by atoms with E-state index in [0.29, 0.717) is 11.3 Å². The van der Waals surface area contributed by atoms with Crippen LogP contribution in [-0.2, 0) is 11.2 Å². The SMILES string of the molecule is COC(=O)c1cn(C2CCCc3c2[nH]c2ccc(OC)cc32)cc2c(=O)[nH]nc1-2. The maximum atomic E-state index is 12.3. The zero-order valence-electron chi connectivity index (χ0n) is 16.1. The second-order valence-electron chi connectivity index (χ2n) is 7.26. The van der Waals surface area contributed by atoms with Gasteiger partial charge in [-0.05, 0) is 43.0 Å².